The number of ether oxygens (including phenoxy) is 1. The topological polar surface area (TPSA) is 55.4 Å². The first-order chi connectivity index (χ1) is 10.3. The molecule has 0 aliphatic carbocycles. The van der Waals surface area contributed by atoms with Crippen LogP contribution in [0.5, 0.6) is 5.75 Å². The Labute approximate surface area is 135 Å². The average Bonchev–Trinajstić information content (AvgIpc) is 2.43. The Morgan fingerprint density at radius 3 is 2.36 bits per heavy atom. The van der Waals surface area contributed by atoms with E-state index in [1.165, 1.54) is 30.3 Å². The summed E-state index contributed by atoms with van der Waals surface area (Å²) in [4.78, 5) is 0.134. The zero-order valence-electron chi connectivity index (χ0n) is 11.4. The second kappa shape index (κ2) is 6.62. The number of alkyl halides is 2. The molecule has 0 unspecified atom stereocenters. The van der Waals surface area contributed by atoms with E-state index in [9.17, 15) is 17.2 Å². The Morgan fingerprint density at radius 1 is 1.14 bits per heavy atom. The predicted octanol–water partition coefficient (Wildman–Crippen LogP) is 4.16. The molecule has 0 heterocycles. The summed E-state index contributed by atoms with van der Waals surface area (Å²) in [6, 6.07) is 10.1. The second-order valence-corrected chi connectivity index (χ2v) is 6.98. The van der Waals surface area contributed by atoms with E-state index in [4.69, 9.17) is 0 Å². The molecule has 2 aromatic rings. The molecule has 0 saturated heterocycles. The number of anilines is 1. The van der Waals surface area contributed by atoms with E-state index in [1.54, 1.807) is 19.1 Å². The Balaban J connectivity index is 2.23. The zero-order valence-corrected chi connectivity index (χ0v) is 13.8. The number of nitrogens with one attached hydrogen (secondary N) is 1. The van der Waals surface area contributed by atoms with Crippen LogP contribution in [0.4, 0.5) is 14.5 Å². The van der Waals surface area contributed by atoms with Gasteiger partial charge in [-0.05, 0) is 48.9 Å². The molecule has 2 rings (SSSR count). The zero-order chi connectivity index (χ0) is 16.3. The number of aryl methyl sites for hydroxylation is 1. The van der Waals surface area contributed by atoms with E-state index >= 15 is 0 Å². The Hall–Kier alpha value is -1.67. The van der Waals surface area contributed by atoms with Crippen molar-refractivity contribution >= 4 is 31.6 Å². The van der Waals surface area contributed by atoms with Crippen LogP contribution in [0.15, 0.2) is 51.8 Å². The lowest BCUT2D eigenvalue weighted by Crippen LogP contribution is -2.14. The summed E-state index contributed by atoms with van der Waals surface area (Å²) in [5, 5.41) is 0. The molecule has 0 atom stereocenters. The van der Waals surface area contributed by atoms with Crippen molar-refractivity contribution < 1.29 is 21.9 Å². The standard InChI is InChI=1S/C14H12BrF2NO3S/c1-9-2-3-10(15)8-13(9)22(19,20)18-11-4-6-12(7-5-11)21-14(16)17/h2-8,14,18H,1H3. The van der Waals surface area contributed by atoms with Gasteiger partial charge in [0.2, 0.25) is 0 Å². The van der Waals surface area contributed by atoms with Crippen molar-refractivity contribution in [2.24, 2.45) is 0 Å². The number of hydrogen-bond acceptors (Lipinski definition) is 3. The number of benzene rings is 2. The van der Waals surface area contributed by atoms with Gasteiger partial charge < -0.3 is 4.74 Å². The largest absolute Gasteiger partial charge is 0.435 e. The molecule has 118 valence electrons. The predicted molar refractivity (Wildman–Crippen MR) is 82.8 cm³/mol. The summed E-state index contributed by atoms with van der Waals surface area (Å²) in [5.41, 5.74) is 0.842. The lowest BCUT2D eigenvalue weighted by molar-refractivity contribution is -0.0498. The lowest BCUT2D eigenvalue weighted by Gasteiger charge is -2.11. The van der Waals surface area contributed by atoms with Gasteiger partial charge in [0.05, 0.1) is 4.90 Å². The summed E-state index contributed by atoms with van der Waals surface area (Å²) in [7, 11) is -3.77. The SMILES string of the molecule is Cc1ccc(Br)cc1S(=O)(=O)Nc1ccc(OC(F)F)cc1. The van der Waals surface area contributed by atoms with E-state index in [0.29, 0.717) is 10.0 Å². The van der Waals surface area contributed by atoms with Crippen LogP contribution >= 0.6 is 15.9 Å². The van der Waals surface area contributed by atoms with Crippen molar-refractivity contribution in [3.8, 4) is 5.75 Å². The molecule has 0 aromatic heterocycles. The first-order valence-corrected chi connectivity index (χ1v) is 8.39. The second-order valence-electron chi connectivity index (χ2n) is 4.42. The van der Waals surface area contributed by atoms with Crippen LogP contribution in [-0.2, 0) is 10.0 Å². The van der Waals surface area contributed by atoms with Crippen molar-refractivity contribution in [2.75, 3.05) is 4.72 Å². The van der Waals surface area contributed by atoms with Crippen LogP contribution in [0.25, 0.3) is 0 Å². The average molecular weight is 392 g/mol. The molecule has 0 spiro atoms. The van der Waals surface area contributed by atoms with Crippen molar-refractivity contribution in [2.45, 2.75) is 18.4 Å². The fourth-order valence-electron chi connectivity index (χ4n) is 1.78. The third-order valence-electron chi connectivity index (χ3n) is 2.77. The van der Waals surface area contributed by atoms with Crippen LogP contribution in [0.3, 0.4) is 0 Å². The highest BCUT2D eigenvalue weighted by molar-refractivity contribution is 9.10. The Morgan fingerprint density at radius 2 is 1.77 bits per heavy atom. The molecule has 22 heavy (non-hydrogen) atoms. The third kappa shape index (κ3) is 4.17. The minimum absolute atomic E-state index is 0.0448. The van der Waals surface area contributed by atoms with E-state index in [1.807, 2.05) is 0 Å². The molecule has 0 fully saturated rings. The molecular weight excluding hydrogens is 380 g/mol. The van der Waals surface area contributed by atoms with Gasteiger partial charge in [-0.2, -0.15) is 8.78 Å². The van der Waals surface area contributed by atoms with Gasteiger partial charge in [-0.3, -0.25) is 4.72 Å². The molecule has 2 aromatic carbocycles. The third-order valence-corrected chi connectivity index (χ3v) is 4.79. The van der Waals surface area contributed by atoms with Gasteiger partial charge in [0.1, 0.15) is 5.75 Å². The van der Waals surface area contributed by atoms with Crippen LogP contribution in [0, 0.1) is 6.92 Å². The van der Waals surface area contributed by atoms with Gasteiger partial charge in [-0.25, -0.2) is 8.42 Å². The molecule has 4 nitrogen and oxygen atoms in total. The number of hydrogen-bond donors (Lipinski definition) is 1. The number of sulfonamides is 1. The smallest absolute Gasteiger partial charge is 0.387 e. The van der Waals surface area contributed by atoms with Gasteiger partial charge in [0.15, 0.2) is 0 Å². The highest BCUT2D eigenvalue weighted by Crippen LogP contribution is 2.24. The summed E-state index contributed by atoms with van der Waals surface area (Å²) >= 11 is 3.23. The summed E-state index contributed by atoms with van der Waals surface area (Å²) in [6.45, 7) is -1.24. The van der Waals surface area contributed by atoms with Crippen LogP contribution in [0.1, 0.15) is 5.56 Å². The van der Waals surface area contributed by atoms with Gasteiger partial charge in [0, 0.05) is 10.2 Å². The number of rotatable bonds is 5. The van der Waals surface area contributed by atoms with Gasteiger partial charge in [-0.1, -0.05) is 22.0 Å². The lowest BCUT2D eigenvalue weighted by atomic mass is 10.2. The van der Waals surface area contributed by atoms with Crippen molar-refractivity contribution in [3.63, 3.8) is 0 Å². The first kappa shape index (κ1) is 16.7. The summed E-state index contributed by atoms with van der Waals surface area (Å²) < 4.78 is 56.1. The van der Waals surface area contributed by atoms with Gasteiger partial charge >= 0.3 is 6.61 Å². The van der Waals surface area contributed by atoms with E-state index in [-0.39, 0.29) is 16.3 Å². The number of halogens is 3. The quantitative estimate of drug-likeness (QED) is 0.832. The van der Waals surface area contributed by atoms with Gasteiger partial charge in [0.25, 0.3) is 10.0 Å². The minimum Gasteiger partial charge on any atom is -0.435 e. The molecular formula is C14H12BrF2NO3S. The van der Waals surface area contributed by atoms with E-state index in [0.717, 1.165) is 0 Å². The Bertz CT molecular complexity index is 764. The minimum atomic E-state index is -3.77. The van der Waals surface area contributed by atoms with Gasteiger partial charge in [-0.15, -0.1) is 0 Å². The molecule has 0 amide bonds. The Kier molecular flexibility index (Phi) is 5.02. The maximum atomic E-state index is 12.4. The molecule has 0 radical (unpaired) electrons. The summed E-state index contributed by atoms with van der Waals surface area (Å²) in [6.07, 6.45) is 0. The van der Waals surface area contributed by atoms with E-state index in [2.05, 4.69) is 25.4 Å². The molecule has 0 saturated carbocycles. The van der Waals surface area contributed by atoms with E-state index < -0.39 is 16.6 Å². The summed E-state index contributed by atoms with van der Waals surface area (Å²) in [5.74, 6) is -0.0448. The maximum Gasteiger partial charge on any atom is 0.387 e. The maximum absolute atomic E-state index is 12.4. The molecule has 8 heteroatoms. The molecule has 0 aliphatic heterocycles. The fraction of sp³-hybridized carbons (Fsp3) is 0.143. The highest BCUT2D eigenvalue weighted by atomic mass is 79.9. The fourth-order valence-corrected chi connectivity index (χ4v) is 3.62. The van der Waals surface area contributed by atoms with Crippen LogP contribution in [-0.4, -0.2) is 15.0 Å². The monoisotopic (exact) mass is 391 g/mol. The molecule has 0 aliphatic rings. The normalized spacial score (nSPS) is 11.5. The van der Waals surface area contributed by atoms with Crippen molar-refractivity contribution in [1.82, 2.24) is 0 Å². The molecule has 0 bridgehead atoms. The van der Waals surface area contributed by atoms with Crippen LogP contribution < -0.4 is 9.46 Å². The first-order valence-electron chi connectivity index (χ1n) is 6.12. The van der Waals surface area contributed by atoms with Crippen LogP contribution in [0.2, 0.25) is 0 Å². The van der Waals surface area contributed by atoms with Crippen molar-refractivity contribution in [3.05, 3.63) is 52.5 Å². The van der Waals surface area contributed by atoms with Crippen molar-refractivity contribution in [1.29, 1.82) is 0 Å². The highest BCUT2D eigenvalue weighted by Gasteiger charge is 2.17. The molecule has 1 N–H and O–H groups in total.